The molecule has 6 heteroatoms. The van der Waals surface area contributed by atoms with E-state index >= 15 is 0 Å². The molecule has 2 rings (SSSR count). The summed E-state index contributed by atoms with van der Waals surface area (Å²) in [4.78, 5) is 19.4. The van der Waals surface area contributed by atoms with Gasteiger partial charge < -0.3 is 10.6 Å². The Labute approximate surface area is 110 Å². The van der Waals surface area contributed by atoms with E-state index in [0.29, 0.717) is 13.1 Å². The number of rotatable bonds is 5. The fraction of sp³-hybridized carbons (Fsp3) is 0.500. The molecule has 0 atom stereocenters. The van der Waals surface area contributed by atoms with E-state index in [1.807, 2.05) is 19.4 Å². The first-order chi connectivity index (χ1) is 8.61. The first kappa shape index (κ1) is 13.2. The van der Waals surface area contributed by atoms with E-state index in [1.165, 1.54) is 11.3 Å². The number of nitrogens with zero attached hydrogens (tertiary/aromatic N) is 3. The number of aromatic nitrogens is 2. The van der Waals surface area contributed by atoms with Gasteiger partial charge in [-0.1, -0.05) is 0 Å². The Bertz CT molecular complexity index is 589. The molecule has 0 unspecified atom stereocenters. The van der Waals surface area contributed by atoms with Crippen LogP contribution in [0.15, 0.2) is 16.2 Å². The van der Waals surface area contributed by atoms with Gasteiger partial charge in [0.15, 0.2) is 4.96 Å². The van der Waals surface area contributed by atoms with Crippen LogP contribution in [0.3, 0.4) is 0 Å². The molecule has 2 N–H and O–H groups in total. The predicted molar refractivity (Wildman–Crippen MR) is 74.1 cm³/mol. The molecule has 0 radical (unpaired) electrons. The van der Waals surface area contributed by atoms with Crippen LogP contribution >= 0.6 is 11.3 Å². The van der Waals surface area contributed by atoms with E-state index in [0.717, 1.165) is 29.3 Å². The summed E-state index contributed by atoms with van der Waals surface area (Å²) in [6.45, 7) is 4.20. The van der Waals surface area contributed by atoms with Crippen LogP contribution in [0.4, 0.5) is 0 Å². The second-order valence-electron chi connectivity index (χ2n) is 4.46. The molecule has 18 heavy (non-hydrogen) atoms. The Morgan fingerprint density at radius 3 is 3.06 bits per heavy atom. The van der Waals surface area contributed by atoms with Gasteiger partial charge in [0.1, 0.15) is 0 Å². The maximum Gasteiger partial charge on any atom is 0.259 e. The highest BCUT2D eigenvalue weighted by Gasteiger charge is 2.08. The smallest absolute Gasteiger partial charge is 0.259 e. The van der Waals surface area contributed by atoms with E-state index in [4.69, 9.17) is 5.73 Å². The van der Waals surface area contributed by atoms with Crippen molar-refractivity contribution in [2.45, 2.75) is 19.9 Å². The van der Waals surface area contributed by atoms with Crippen LogP contribution in [0.25, 0.3) is 4.96 Å². The van der Waals surface area contributed by atoms with Crippen molar-refractivity contribution in [2.75, 3.05) is 20.1 Å². The van der Waals surface area contributed by atoms with Gasteiger partial charge in [-0.25, -0.2) is 4.98 Å². The molecule has 0 amide bonds. The molecule has 0 aliphatic rings. The minimum atomic E-state index is 0.000903. The minimum Gasteiger partial charge on any atom is -0.330 e. The number of thiazole rings is 1. The van der Waals surface area contributed by atoms with Gasteiger partial charge in [-0.05, 0) is 33.5 Å². The van der Waals surface area contributed by atoms with Crippen molar-refractivity contribution >= 4 is 16.3 Å². The van der Waals surface area contributed by atoms with E-state index in [-0.39, 0.29) is 5.56 Å². The Morgan fingerprint density at radius 1 is 1.56 bits per heavy atom. The van der Waals surface area contributed by atoms with Crippen LogP contribution in [-0.4, -0.2) is 34.4 Å². The monoisotopic (exact) mass is 266 g/mol. The van der Waals surface area contributed by atoms with E-state index < -0.39 is 0 Å². The fourth-order valence-electron chi connectivity index (χ4n) is 1.90. The lowest BCUT2D eigenvalue weighted by atomic mass is 10.3. The summed E-state index contributed by atoms with van der Waals surface area (Å²) in [6, 6.07) is 1.62. The summed E-state index contributed by atoms with van der Waals surface area (Å²) in [7, 11) is 2.01. The summed E-state index contributed by atoms with van der Waals surface area (Å²) >= 11 is 1.50. The van der Waals surface area contributed by atoms with E-state index in [1.54, 1.807) is 10.5 Å². The lowest BCUT2D eigenvalue weighted by Crippen LogP contribution is -2.24. The van der Waals surface area contributed by atoms with Crippen LogP contribution in [0.2, 0.25) is 0 Å². The number of aryl methyl sites for hydroxylation is 1. The molecule has 0 bridgehead atoms. The molecule has 0 saturated carbocycles. The summed E-state index contributed by atoms with van der Waals surface area (Å²) in [6.07, 6.45) is 0.954. The minimum absolute atomic E-state index is 0.000903. The number of hydrogen-bond donors (Lipinski definition) is 1. The average Bonchev–Trinajstić information content (AvgIpc) is 2.68. The van der Waals surface area contributed by atoms with Gasteiger partial charge in [0, 0.05) is 23.7 Å². The van der Waals surface area contributed by atoms with Gasteiger partial charge in [0.25, 0.3) is 5.56 Å². The zero-order valence-corrected chi connectivity index (χ0v) is 11.5. The zero-order chi connectivity index (χ0) is 13.1. The van der Waals surface area contributed by atoms with Gasteiger partial charge >= 0.3 is 0 Å². The second kappa shape index (κ2) is 5.60. The third-order valence-electron chi connectivity index (χ3n) is 2.80. The normalized spacial score (nSPS) is 11.6. The molecule has 0 saturated heterocycles. The topological polar surface area (TPSA) is 63.6 Å². The Hall–Kier alpha value is -1.24. The molecule has 2 heterocycles. The van der Waals surface area contributed by atoms with Crippen molar-refractivity contribution < 1.29 is 0 Å². The van der Waals surface area contributed by atoms with Gasteiger partial charge in [0.2, 0.25) is 0 Å². The summed E-state index contributed by atoms with van der Waals surface area (Å²) in [5, 5.41) is 1.95. The van der Waals surface area contributed by atoms with E-state index in [2.05, 4.69) is 9.88 Å². The van der Waals surface area contributed by atoms with Crippen molar-refractivity contribution in [3.05, 3.63) is 33.2 Å². The molecule has 98 valence electrons. The van der Waals surface area contributed by atoms with Crippen molar-refractivity contribution in [2.24, 2.45) is 5.73 Å². The molecule has 0 aliphatic heterocycles. The van der Waals surface area contributed by atoms with Crippen molar-refractivity contribution in [1.29, 1.82) is 0 Å². The standard InChI is InChI=1S/C12H18N4OS/c1-9-8-18-12-14-10(6-11(17)16(9)12)7-15(2)5-3-4-13/h6,8H,3-5,7,13H2,1-2H3. The second-order valence-corrected chi connectivity index (χ2v) is 5.30. The SMILES string of the molecule is Cc1csc2nc(CN(C)CCCN)cc(=O)n12. The first-order valence-corrected chi connectivity index (χ1v) is 6.85. The molecule has 0 aliphatic carbocycles. The van der Waals surface area contributed by atoms with Gasteiger partial charge in [-0.15, -0.1) is 11.3 Å². The number of fused-ring (bicyclic) bond motifs is 1. The maximum atomic E-state index is 12.0. The predicted octanol–water partition coefficient (Wildman–Crippen LogP) is 0.845. The zero-order valence-electron chi connectivity index (χ0n) is 10.7. The largest absolute Gasteiger partial charge is 0.330 e. The van der Waals surface area contributed by atoms with Crippen LogP contribution < -0.4 is 11.3 Å². The Balaban J connectivity index is 2.22. The highest BCUT2D eigenvalue weighted by Crippen LogP contribution is 2.12. The highest BCUT2D eigenvalue weighted by atomic mass is 32.1. The molecule has 0 fully saturated rings. The Morgan fingerprint density at radius 2 is 2.33 bits per heavy atom. The summed E-state index contributed by atoms with van der Waals surface area (Å²) in [5.41, 5.74) is 7.24. The Kier molecular flexibility index (Phi) is 4.11. The van der Waals surface area contributed by atoms with Crippen molar-refractivity contribution in [1.82, 2.24) is 14.3 Å². The number of hydrogen-bond acceptors (Lipinski definition) is 5. The third-order valence-corrected chi connectivity index (χ3v) is 3.75. The molecule has 2 aromatic heterocycles. The quantitative estimate of drug-likeness (QED) is 0.871. The molecule has 0 spiro atoms. The highest BCUT2D eigenvalue weighted by molar-refractivity contribution is 7.15. The molecular weight excluding hydrogens is 248 g/mol. The number of nitrogens with two attached hydrogens (primary N) is 1. The fourth-order valence-corrected chi connectivity index (χ4v) is 2.79. The third kappa shape index (κ3) is 2.77. The maximum absolute atomic E-state index is 12.0. The molecule has 5 nitrogen and oxygen atoms in total. The van der Waals surface area contributed by atoms with Crippen LogP contribution in [0.1, 0.15) is 17.8 Å². The van der Waals surface area contributed by atoms with Crippen molar-refractivity contribution in [3.8, 4) is 0 Å². The van der Waals surface area contributed by atoms with Crippen LogP contribution in [-0.2, 0) is 6.54 Å². The summed E-state index contributed by atoms with van der Waals surface area (Å²) in [5.74, 6) is 0. The van der Waals surface area contributed by atoms with Gasteiger partial charge in [-0.2, -0.15) is 0 Å². The summed E-state index contributed by atoms with van der Waals surface area (Å²) < 4.78 is 1.65. The van der Waals surface area contributed by atoms with Crippen LogP contribution in [0.5, 0.6) is 0 Å². The average molecular weight is 266 g/mol. The van der Waals surface area contributed by atoms with E-state index in [9.17, 15) is 4.79 Å². The lowest BCUT2D eigenvalue weighted by molar-refractivity contribution is 0.320. The first-order valence-electron chi connectivity index (χ1n) is 5.97. The molecule has 0 aromatic carbocycles. The van der Waals surface area contributed by atoms with Gasteiger partial charge in [-0.3, -0.25) is 9.20 Å². The lowest BCUT2D eigenvalue weighted by Gasteiger charge is -2.15. The van der Waals surface area contributed by atoms with Crippen LogP contribution in [0, 0.1) is 6.92 Å². The van der Waals surface area contributed by atoms with Crippen molar-refractivity contribution in [3.63, 3.8) is 0 Å². The molecular formula is C12H18N4OS. The van der Waals surface area contributed by atoms with Gasteiger partial charge in [0.05, 0.1) is 5.69 Å². The molecule has 2 aromatic rings.